The predicted octanol–water partition coefficient (Wildman–Crippen LogP) is 1.46. The van der Waals surface area contributed by atoms with E-state index < -0.39 is 5.41 Å². The maximum Gasteiger partial charge on any atom is 0.307 e. The van der Waals surface area contributed by atoms with Gasteiger partial charge in [-0.1, -0.05) is 30.3 Å². The highest BCUT2D eigenvalue weighted by Gasteiger charge is 2.45. The second-order valence-corrected chi connectivity index (χ2v) is 3.84. The molecule has 0 aromatic heterocycles. The molecular weight excluding hydrogens is 192 g/mol. The fourth-order valence-electron chi connectivity index (χ4n) is 1.92. The van der Waals surface area contributed by atoms with E-state index in [1.54, 1.807) is 0 Å². The van der Waals surface area contributed by atoms with Crippen molar-refractivity contribution >= 4 is 11.8 Å². The Balaban J connectivity index is 2.45. The van der Waals surface area contributed by atoms with Gasteiger partial charge in [-0.2, -0.15) is 0 Å². The number of cyclic esters (lactones) is 1. The number of carbonyl (C=O) groups is 2. The first-order chi connectivity index (χ1) is 7.15. The summed E-state index contributed by atoms with van der Waals surface area (Å²) in [4.78, 5) is 22.8. The summed E-state index contributed by atoms with van der Waals surface area (Å²) < 4.78 is 4.92. The van der Waals surface area contributed by atoms with Gasteiger partial charge in [0, 0.05) is 0 Å². The summed E-state index contributed by atoms with van der Waals surface area (Å²) >= 11 is 0. The van der Waals surface area contributed by atoms with Crippen molar-refractivity contribution < 1.29 is 14.3 Å². The summed E-state index contributed by atoms with van der Waals surface area (Å²) in [5.74, 6) is -0.311. The summed E-state index contributed by atoms with van der Waals surface area (Å²) in [7, 11) is 0. The quantitative estimate of drug-likeness (QED) is 0.685. The van der Waals surface area contributed by atoms with E-state index in [4.69, 9.17) is 4.74 Å². The predicted molar refractivity (Wildman–Crippen MR) is 54.4 cm³/mol. The monoisotopic (exact) mass is 204 g/mol. The molecule has 1 fully saturated rings. The molecule has 0 bridgehead atoms. The van der Waals surface area contributed by atoms with Gasteiger partial charge in [0.1, 0.15) is 12.4 Å². The largest absolute Gasteiger partial charge is 0.464 e. The number of esters is 1. The van der Waals surface area contributed by atoms with E-state index in [0.29, 0.717) is 0 Å². The molecule has 1 aromatic rings. The van der Waals surface area contributed by atoms with E-state index in [2.05, 4.69) is 0 Å². The first kappa shape index (κ1) is 9.90. The number of hydrogen-bond donors (Lipinski definition) is 0. The number of ether oxygens (including phenoxy) is 1. The Morgan fingerprint density at radius 2 is 2.00 bits per heavy atom. The molecule has 1 unspecified atom stereocenters. The third kappa shape index (κ3) is 1.54. The van der Waals surface area contributed by atoms with Crippen molar-refractivity contribution in [2.75, 3.05) is 6.61 Å². The van der Waals surface area contributed by atoms with Gasteiger partial charge >= 0.3 is 5.97 Å². The smallest absolute Gasteiger partial charge is 0.307 e. The normalized spacial score (nSPS) is 25.0. The fourth-order valence-corrected chi connectivity index (χ4v) is 1.92. The van der Waals surface area contributed by atoms with Crippen molar-refractivity contribution in [3.05, 3.63) is 35.9 Å². The Kier molecular flexibility index (Phi) is 2.31. The second-order valence-electron chi connectivity index (χ2n) is 3.84. The second kappa shape index (κ2) is 3.50. The third-order valence-electron chi connectivity index (χ3n) is 2.93. The molecule has 1 aliphatic heterocycles. The molecule has 0 aliphatic carbocycles. The van der Waals surface area contributed by atoms with Gasteiger partial charge in [0.05, 0.1) is 11.8 Å². The van der Waals surface area contributed by atoms with E-state index in [9.17, 15) is 9.59 Å². The van der Waals surface area contributed by atoms with Gasteiger partial charge < -0.3 is 4.74 Å². The lowest BCUT2D eigenvalue weighted by atomic mass is 9.76. The van der Waals surface area contributed by atoms with Crippen molar-refractivity contribution in [1.82, 2.24) is 0 Å². The first-order valence-corrected chi connectivity index (χ1v) is 4.87. The molecule has 0 spiro atoms. The molecule has 0 N–H and O–H groups in total. The van der Waals surface area contributed by atoms with Gasteiger partial charge in [-0.05, 0) is 12.5 Å². The lowest BCUT2D eigenvalue weighted by Crippen LogP contribution is -2.34. The van der Waals surface area contributed by atoms with Crippen molar-refractivity contribution in [1.29, 1.82) is 0 Å². The van der Waals surface area contributed by atoms with E-state index >= 15 is 0 Å². The minimum Gasteiger partial charge on any atom is -0.464 e. The molecule has 0 radical (unpaired) electrons. The number of ketones is 1. The molecule has 3 nitrogen and oxygen atoms in total. The van der Waals surface area contributed by atoms with Crippen LogP contribution in [0.15, 0.2) is 30.3 Å². The van der Waals surface area contributed by atoms with Crippen LogP contribution < -0.4 is 0 Å². The fraction of sp³-hybridized carbons (Fsp3) is 0.333. The number of hydrogen-bond acceptors (Lipinski definition) is 3. The van der Waals surface area contributed by atoms with Crippen molar-refractivity contribution in [3.8, 4) is 0 Å². The van der Waals surface area contributed by atoms with Gasteiger partial charge in [-0.15, -0.1) is 0 Å². The van der Waals surface area contributed by atoms with Crippen molar-refractivity contribution in [2.24, 2.45) is 0 Å². The van der Waals surface area contributed by atoms with Crippen molar-refractivity contribution in [2.45, 2.75) is 18.8 Å². The van der Waals surface area contributed by atoms with Crippen LogP contribution in [0.4, 0.5) is 0 Å². The summed E-state index contributed by atoms with van der Waals surface area (Å²) in [6, 6.07) is 9.34. The van der Waals surface area contributed by atoms with E-state index in [1.807, 2.05) is 30.3 Å². The molecular formula is C12H12O3. The SMILES string of the molecule is CC(=O)C1(c2ccccc2)COC(=O)C1. The Labute approximate surface area is 88.1 Å². The van der Waals surface area contributed by atoms with Crippen molar-refractivity contribution in [3.63, 3.8) is 0 Å². The number of Topliss-reactive ketones (excluding diaryl/α,β-unsaturated/α-hetero) is 1. The zero-order valence-electron chi connectivity index (χ0n) is 8.53. The summed E-state index contributed by atoms with van der Waals surface area (Å²) in [6.07, 6.45) is 0.159. The Bertz CT molecular complexity index is 397. The molecule has 1 atom stereocenters. The maximum atomic E-state index is 11.7. The zero-order chi connectivity index (χ0) is 10.9. The van der Waals surface area contributed by atoms with Crippen LogP contribution in [-0.2, 0) is 19.7 Å². The third-order valence-corrected chi connectivity index (χ3v) is 2.93. The summed E-state index contributed by atoms with van der Waals surface area (Å²) in [5.41, 5.74) is 0.113. The summed E-state index contributed by atoms with van der Waals surface area (Å²) in [6.45, 7) is 1.68. The van der Waals surface area contributed by atoms with Crippen LogP contribution in [-0.4, -0.2) is 18.4 Å². The number of carbonyl (C=O) groups excluding carboxylic acids is 2. The Morgan fingerprint density at radius 3 is 2.47 bits per heavy atom. The van der Waals surface area contributed by atoms with Gasteiger partial charge in [-0.3, -0.25) is 9.59 Å². The number of rotatable bonds is 2. The van der Waals surface area contributed by atoms with Gasteiger partial charge in [0.15, 0.2) is 0 Å². The molecule has 0 saturated carbocycles. The molecule has 1 saturated heterocycles. The molecule has 3 heteroatoms. The van der Waals surface area contributed by atoms with Crippen LogP contribution in [0.25, 0.3) is 0 Å². The lowest BCUT2D eigenvalue weighted by molar-refractivity contribution is -0.137. The minimum atomic E-state index is -0.752. The molecule has 0 amide bonds. The highest BCUT2D eigenvalue weighted by atomic mass is 16.5. The standard InChI is InChI=1S/C12H12O3/c1-9(13)12(7-11(14)15-8-12)10-5-3-2-4-6-10/h2-6H,7-8H2,1H3. The molecule has 1 heterocycles. The zero-order valence-corrected chi connectivity index (χ0v) is 8.53. The first-order valence-electron chi connectivity index (χ1n) is 4.87. The van der Waals surface area contributed by atoms with E-state index in [-0.39, 0.29) is 24.8 Å². The highest BCUT2D eigenvalue weighted by Crippen LogP contribution is 2.34. The average Bonchev–Trinajstić information content (AvgIpc) is 2.63. The highest BCUT2D eigenvalue weighted by molar-refractivity contribution is 5.94. The van der Waals surface area contributed by atoms with Crippen LogP contribution >= 0.6 is 0 Å². The van der Waals surface area contributed by atoms with Gasteiger partial charge in [0.2, 0.25) is 0 Å². The number of benzene rings is 1. The van der Waals surface area contributed by atoms with Crippen LogP contribution in [0, 0.1) is 0 Å². The summed E-state index contributed by atoms with van der Waals surface area (Å²) in [5, 5.41) is 0. The Hall–Kier alpha value is -1.64. The molecule has 15 heavy (non-hydrogen) atoms. The molecule has 78 valence electrons. The van der Waals surface area contributed by atoms with Crippen LogP contribution in [0.3, 0.4) is 0 Å². The minimum absolute atomic E-state index is 0.0143. The van der Waals surface area contributed by atoms with Crippen LogP contribution in [0.5, 0.6) is 0 Å². The maximum absolute atomic E-state index is 11.7. The van der Waals surface area contributed by atoms with Gasteiger partial charge in [0.25, 0.3) is 0 Å². The Morgan fingerprint density at radius 1 is 1.33 bits per heavy atom. The van der Waals surface area contributed by atoms with E-state index in [1.165, 1.54) is 6.92 Å². The van der Waals surface area contributed by atoms with Gasteiger partial charge in [-0.25, -0.2) is 0 Å². The molecule has 1 aromatic carbocycles. The molecule has 1 aliphatic rings. The average molecular weight is 204 g/mol. The lowest BCUT2D eigenvalue weighted by Gasteiger charge is -2.22. The van der Waals surface area contributed by atoms with E-state index in [0.717, 1.165) is 5.56 Å². The topological polar surface area (TPSA) is 43.4 Å². The molecule has 2 rings (SSSR count). The van der Waals surface area contributed by atoms with Crippen LogP contribution in [0.2, 0.25) is 0 Å². The van der Waals surface area contributed by atoms with Crippen LogP contribution in [0.1, 0.15) is 18.9 Å².